The van der Waals surface area contributed by atoms with Crippen molar-refractivity contribution in [2.24, 2.45) is 0 Å². The summed E-state index contributed by atoms with van der Waals surface area (Å²) >= 11 is 0. The molecule has 0 saturated carbocycles. The Morgan fingerprint density at radius 2 is 1.58 bits per heavy atom. The molecule has 0 aliphatic rings. The number of hydrogen-bond acceptors (Lipinski definition) is 5. The summed E-state index contributed by atoms with van der Waals surface area (Å²) in [5.74, 6) is 0.420. The molecule has 2 aromatic carbocycles. The molecule has 0 heterocycles. The molecule has 2 rings (SSSR count). The number of benzene rings is 2. The monoisotopic (exact) mass is 327 g/mol. The van der Waals surface area contributed by atoms with E-state index in [0.29, 0.717) is 23.5 Å². The first-order chi connectivity index (χ1) is 11.6. The van der Waals surface area contributed by atoms with Crippen LogP contribution in [0.1, 0.15) is 34.1 Å². The fourth-order valence-corrected chi connectivity index (χ4v) is 2.12. The molecule has 0 aromatic heterocycles. The van der Waals surface area contributed by atoms with Crippen molar-refractivity contribution < 1.29 is 19.1 Å². The van der Waals surface area contributed by atoms with E-state index in [-0.39, 0.29) is 11.8 Å². The predicted octanol–water partition coefficient (Wildman–Crippen LogP) is 3.56. The van der Waals surface area contributed by atoms with Crippen molar-refractivity contribution in [2.75, 3.05) is 25.6 Å². The average Bonchev–Trinajstić information content (AvgIpc) is 2.61. The molecule has 5 heteroatoms. The highest BCUT2D eigenvalue weighted by atomic mass is 16.5. The van der Waals surface area contributed by atoms with Crippen LogP contribution in [0, 0.1) is 0 Å². The second kappa shape index (κ2) is 8.72. The molecule has 5 nitrogen and oxygen atoms in total. The number of nitrogens with one attached hydrogen (secondary N) is 1. The molecule has 2 aromatic rings. The lowest BCUT2D eigenvalue weighted by Crippen LogP contribution is -2.07. The average molecular weight is 327 g/mol. The van der Waals surface area contributed by atoms with Crippen LogP contribution in [0.5, 0.6) is 5.75 Å². The maximum Gasteiger partial charge on any atom is 0.337 e. The maximum atomic E-state index is 11.3. The van der Waals surface area contributed by atoms with E-state index in [0.717, 1.165) is 18.7 Å². The zero-order valence-corrected chi connectivity index (χ0v) is 13.9. The molecule has 126 valence electrons. The van der Waals surface area contributed by atoms with Gasteiger partial charge in [-0.05, 0) is 61.9 Å². The number of hydrogen-bond donors (Lipinski definition) is 1. The Labute approximate surface area is 141 Å². The lowest BCUT2D eigenvalue weighted by Gasteiger charge is -2.09. The maximum absolute atomic E-state index is 11.3. The normalized spacial score (nSPS) is 10.1. The Morgan fingerprint density at radius 1 is 0.958 bits per heavy atom. The first kappa shape index (κ1) is 17.5. The minimum absolute atomic E-state index is 0.0631. The first-order valence-electron chi connectivity index (χ1n) is 7.76. The molecule has 0 radical (unpaired) electrons. The van der Waals surface area contributed by atoms with Gasteiger partial charge in [-0.1, -0.05) is 0 Å². The molecule has 0 amide bonds. The highest BCUT2D eigenvalue weighted by Crippen LogP contribution is 2.13. The van der Waals surface area contributed by atoms with E-state index in [4.69, 9.17) is 4.74 Å². The van der Waals surface area contributed by atoms with Crippen LogP contribution in [0.2, 0.25) is 0 Å². The second-order valence-corrected chi connectivity index (χ2v) is 5.28. The molecule has 0 fully saturated rings. The predicted molar refractivity (Wildman–Crippen MR) is 92.8 cm³/mol. The third-order valence-corrected chi connectivity index (χ3v) is 3.49. The number of carbonyl (C=O) groups excluding carboxylic acids is 2. The second-order valence-electron chi connectivity index (χ2n) is 5.28. The Kier molecular flexibility index (Phi) is 6.37. The van der Waals surface area contributed by atoms with Crippen LogP contribution < -0.4 is 10.1 Å². The Bertz CT molecular complexity index is 678. The van der Waals surface area contributed by atoms with Gasteiger partial charge in [-0.15, -0.1) is 0 Å². The van der Waals surface area contributed by atoms with Gasteiger partial charge in [0.2, 0.25) is 0 Å². The number of methoxy groups -OCH3 is 1. The molecular weight excluding hydrogens is 306 g/mol. The molecule has 1 N–H and O–H groups in total. The molecule has 24 heavy (non-hydrogen) atoms. The SMILES string of the molecule is COC(=O)c1ccc(OCCCNc2ccc(C(C)=O)cc2)cc1. The van der Waals surface area contributed by atoms with Crippen LogP contribution in [-0.4, -0.2) is 32.0 Å². The quantitative estimate of drug-likeness (QED) is 0.456. The number of esters is 1. The van der Waals surface area contributed by atoms with E-state index in [2.05, 4.69) is 10.1 Å². The number of ketones is 1. The first-order valence-corrected chi connectivity index (χ1v) is 7.76. The van der Waals surface area contributed by atoms with Crippen molar-refractivity contribution in [1.29, 1.82) is 0 Å². The van der Waals surface area contributed by atoms with E-state index in [1.54, 1.807) is 31.2 Å². The van der Waals surface area contributed by atoms with Crippen LogP contribution in [0.4, 0.5) is 5.69 Å². The van der Waals surface area contributed by atoms with E-state index in [1.165, 1.54) is 7.11 Å². The molecule has 0 saturated heterocycles. The van der Waals surface area contributed by atoms with Crippen LogP contribution in [-0.2, 0) is 4.74 Å². The van der Waals surface area contributed by atoms with Gasteiger partial charge in [-0.3, -0.25) is 4.79 Å². The molecule has 0 spiro atoms. The van der Waals surface area contributed by atoms with Crippen LogP contribution in [0.25, 0.3) is 0 Å². The number of ether oxygens (including phenoxy) is 2. The van der Waals surface area contributed by atoms with Crippen LogP contribution in [0.15, 0.2) is 48.5 Å². The van der Waals surface area contributed by atoms with Crippen LogP contribution >= 0.6 is 0 Å². The third-order valence-electron chi connectivity index (χ3n) is 3.49. The van der Waals surface area contributed by atoms with E-state index in [9.17, 15) is 9.59 Å². The molecular formula is C19H21NO4. The van der Waals surface area contributed by atoms with E-state index in [1.807, 2.05) is 24.3 Å². The Hall–Kier alpha value is -2.82. The smallest absolute Gasteiger partial charge is 0.337 e. The fraction of sp³-hybridized carbons (Fsp3) is 0.263. The summed E-state index contributed by atoms with van der Waals surface area (Å²) in [4.78, 5) is 22.5. The highest BCUT2D eigenvalue weighted by Gasteiger charge is 2.04. The van der Waals surface area contributed by atoms with Gasteiger partial charge >= 0.3 is 5.97 Å². The number of Topliss-reactive ketones (excluding diaryl/α,β-unsaturated/α-hetero) is 1. The minimum Gasteiger partial charge on any atom is -0.494 e. The van der Waals surface area contributed by atoms with Gasteiger partial charge in [0.1, 0.15) is 5.75 Å². The van der Waals surface area contributed by atoms with Gasteiger partial charge in [0, 0.05) is 17.8 Å². The van der Waals surface area contributed by atoms with E-state index < -0.39 is 0 Å². The van der Waals surface area contributed by atoms with Gasteiger partial charge in [0.05, 0.1) is 19.3 Å². The molecule has 0 unspecified atom stereocenters. The van der Waals surface area contributed by atoms with Crippen molar-refractivity contribution in [3.63, 3.8) is 0 Å². The Morgan fingerprint density at radius 3 is 2.17 bits per heavy atom. The summed E-state index contributed by atoms with van der Waals surface area (Å²) in [7, 11) is 1.35. The topological polar surface area (TPSA) is 64.6 Å². The van der Waals surface area contributed by atoms with Crippen molar-refractivity contribution in [3.8, 4) is 5.75 Å². The third kappa shape index (κ3) is 5.12. The van der Waals surface area contributed by atoms with Crippen molar-refractivity contribution in [2.45, 2.75) is 13.3 Å². The van der Waals surface area contributed by atoms with Gasteiger partial charge in [0.25, 0.3) is 0 Å². The van der Waals surface area contributed by atoms with E-state index >= 15 is 0 Å². The number of rotatable bonds is 8. The summed E-state index contributed by atoms with van der Waals surface area (Å²) < 4.78 is 10.3. The zero-order chi connectivity index (χ0) is 17.4. The lowest BCUT2D eigenvalue weighted by molar-refractivity contribution is 0.0600. The van der Waals surface area contributed by atoms with Gasteiger partial charge in [-0.25, -0.2) is 4.79 Å². The fourth-order valence-electron chi connectivity index (χ4n) is 2.12. The molecule has 0 atom stereocenters. The van der Waals surface area contributed by atoms with Crippen molar-refractivity contribution >= 4 is 17.4 Å². The van der Waals surface area contributed by atoms with Crippen molar-refractivity contribution in [1.82, 2.24) is 0 Å². The molecule has 0 bridgehead atoms. The Balaban J connectivity index is 1.69. The minimum atomic E-state index is -0.360. The molecule has 0 aliphatic carbocycles. The summed E-state index contributed by atoms with van der Waals surface area (Å²) in [6.45, 7) is 2.88. The summed E-state index contributed by atoms with van der Waals surface area (Å²) in [5.41, 5.74) is 2.18. The largest absolute Gasteiger partial charge is 0.494 e. The molecule has 0 aliphatic heterocycles. The standard InChI is InChI=1S/C19H21NO4/c1-14(21)15-4-8-17(9-5-15)20-12-3-13-24-18-10-6-16(7-11-18)19(22)23-2/h4-11,20H,3,12-13H2,1-2H3. The number of anilines is 1. The zero-order valence-electron chi connectivity index (χ0n) is 13.9. The summed E-state index contributed by atoms with van der Waals surface area (Å²) in [5, 5.41) is 3.28. The summed E-state index contributed by atoms with van der Waals surface area (Å²) in [6.07, 6.45) is 0.827. The van der Waals surface area contributed by atoms with Crippen molar-refractivity contribution in [3.05, 3.63) is 59.7 Å². The summed E-state index contributed by atoms with van der Waals surface area (Å²) in [6, 6.07) is 14.3. The van der Waals surface area contributed by atoms with Gasteiger partial charge in [0.15, 0.2) is 5.78 Å². The lowest BCUT2D eigenvalue weighted by atomic mass is 10.1. The highest BCUT2D eigenvalue weighted by molar-refractivity contribution is 5.94. The number of carbonyl (C=O) groups is 2. The van der Waals surface area contributed by atoms with Crippen LogP contribution in [0.3, 0.4) is 0 Å². The van der Waals surface area contributed by atoms with Gasteiger partial charge in [-0.2, -0.15) is 0 Å². The van der Waals surface area contributed by atoms with Gasteiger partial charge < -0.3 is 14.8 Å².